The second-order valence-electron chi connectivity index (χ2n) is 7.81. The lowest BCUT2D eigenvalue weighted by Crippen LogP contribution is -2.57. The van der Waals surface area contributed by atoms with Crippen LogP contribution in [0, 0.1) is 5.41 Å². The summed E-state index contributed by atoms with van der Waals surface area (Å²) in [4.78, 5) is 13.0. The van der Waals surface area contributed by atoms with Crippen molar-refractivity contribution in [2.75, 3.05) is 13.1 Å². The molecule has 2 N–H and O–H groups in total. The molecule has 126 valence electrons. The number of hydrogen-bond donors (Lipinski definition) is 2. The molecule has 0 aliphatic heterocycles. The molecule has 4 nitrogen and oxygen atoms in total. The number of aliphatic carboxylic acids is 1. The van der Waals surface area contributed by atoms with Gasteiger partial charge in [0.05, 0.1) is 6.54 Å². The largest absolute Gasteiger partial charge is 0.480 e. The van der Waals surface area contributed by atoms with E-state index in [1.54, 1.807) is 0 Å². The Kier molecular flexibility index (Phi) is 5.08. The van der Waals surface area contributed by atoms with Gasteiger partial charge in [0, 0.05) is 18.1 Å². The van der Waals surface area contributed by atoms with Crippen molar-refractivity contribution in [2.45, 2.75) is 89.3 Å². The maximum Gasteiger partial charge on any atom is 0.317 e. The van der Waals surface area contributed by atoms with Crippen molar-refractivity contribution < 1.29 is 9.90 Å². The number of nitrogens with one attached hydrogen (secondary N) is 1. The first-order valence-electron chi connectivity index (χ1n) is 9.35. The Hall–Kier alpha value is -0.610. The molecule has 3 aliphatic rings. The molecule has 0 radical (unpaired) electrons. The van der Waals surface area contributed by atoms with E-state index in [9.17, 15) is 4.79 Å². The van der Waals surface area contributed by atoms with Gasteiger partial charge < -0.3 is 10.4 Å². The molecule has 0 aromatic rings. The molecule has 1 spiro atoms. The summed E-state index contributed by atoms with van der Waals surface area (Å²) in [6.07, 6.45) is 13.6. The number of rotatable bonds is 6. The van der Waals surface area contributed by atoms with Gasteiger partial charge in [-0.25, -0.2) is 0 Å². The third kappa shape index (κ3) is 3.33. The summed E-state index contributed by atoms with van der Waals surface area (Å²) in [5.41, 5.74) is 0.606. The van der Waals surface area contributed by atoms with Crippen molar-refractivity contribution in [1.82, 2.24) is 10.2 Å². The monoisotopic (exact) mass is 308 g/mol. The van der Waals surface area contributed by atoms with E-state index < -0.39 is 5.97 Å². The highest BCUT2D eigenvalue weighted by atomic mass is 16.4. The van der Waals surface area contributed by atoms with Crippen LogP contribution in [0.2, 0.25) is 0 Å². The summed E-state index contributed by atoms with van der Waals surface area (Å²) in [6, 6.07) is 1.82. The van der Waals surface area contributed by atoms with Crippen LogP contribution in [0.15, 0.2) is 0 Å². The standard InChI is InChI=1S/C18H32N2O2/c1-2-20(13-17(21)22)15-11-14(12-15)19-16-7-6-10-18(16)8-4-3-5-9-18/h14-16,19H,2-13H2,1H3,(H,21,22). The average Bonchev–Trinajstić information content (AvgIpc) is 2.83. The summed E-state index contributed by atoms with van der Waals surface area (Å²) in [6.45, 7) is 3.11. The number of likely N-dealkylation sites (N-methyl/N-ethyl adjacent to an activating group) is 1. The Morgan fingerprint density at radius 2 is 1.86 bits per heavy atom. The van der Waals surface area contributed by atoms with Crippen LogP contribution in [0.5, 0.6) is 0 Å². The van der Waals surface area contributed by atoms with Gasteiger partial charge in [-0.05, 0) is 50.5 Å². The van der Waals surface area contributed by atoms with Crippen LogP contribution in [0.1, 0.15) is 71.1 Å². The Bertz CT molecular complexity index is 387. The first kappa shape index (κ1) is 16.3. The normalized spacial score (nSPS) is 34.0. The summed E-state index contributed by atoms with van der Waals surface area (Å²) < 4.78 is 0. The molecule has 4 heteroatoms. The molecule has 0 saturated heterocycles. The van der Waals surface area contributed by atoms with Crippen molar-refractivity contribution in [3.05, 3.63) is 0 Å². The zero-order chi connectivity index (χ0) is 15.6. The molecule has 0 aromatic carbocycles. The molecule has 3 aliphatic carbocycles. The molecule has 22 heavy (non-hydrogen) atoms. The van der Waals surface area contributed by atoms with Gasteiger partial charge in [0.2, 0.25) is 0 Å². The second-order valence-corrected chi connectivity index (χ2v) is 7.81. The Morgan fingerprint density at radius 1 is 1.18 bits per heavy atom. The Morgan fingerprint density at radius 3 is 2.50 bits per heavy atom. The van der Waals surface area contributed by atoms with Crippen LogP contribution < -0.4 is 5.32 Å². The van der Waals surface area contributed by atoms with E-state index in [1.165, 1.54) is 51.4 Å². The predicted molar refractivity (Wildman–Crippen MR) is 88.0 cm³/mol. The Balaban J connectivity index is 1.48. The fraction of sp³-hybridized carbons (Fsp3) is 0.944. The minimum Gasteiger partial charge on any atom is -0.480 e. The van der Waals surface area contributed by atoms with Gasteiger partial charge in [0.25, 0.3) is 0 Å². The maximum atomic E-state index is 10.9. The van der Waals surface area contributed by atoms with Crippen LogP contribution in [-0.2, 0) is 4.79 Å². The van der Waals surface area contributed by atoms with Gasteiger partial charge in [0.1, 0.15) is 0 Å². The predicted octanol–water partition coefficient (Wildman–Crippen LogP) is 3.02. The smallest absolute Gasteiger partial charge is 0.317 e. The highest BCUT2D eigenvalue weighted by Crippen LogP contribution is 2.49. The minimum absolute atomic E-state index is 0.196. The number of carbonyl (C=O) groups is 1. The van der Waals surface area contributed by atoms with Crippen molar-refractivity contribution in [2.24, 2.45) is 5.41 Å². The zero-order valence-corrected chi connectivity index (χ0v) is 14.0. The van der Waals surface area contributed by atoms with E-state index in [-0.39, 0.29) is 6.54 Å². The molecule has 1 unspecified atom stereocenters. The average molecular weight is 308 g/mol. The van der Waals surface area contributed by atoms with E-state index in [2.05, 4.69) is 17.1 Å². The van der Waals surface area contributed by atoms with Gasteiger partial charge in [-0.2, -0.15) is 0 Å². The molecule has 3 rings (SSSR count). The van der Waals surface area contributed by atoms with E-state index >= 15 is 0 Å². The van der Waals surface area contributed by atoms with Gasteiger partial charge in [0.15, 0.2) is 0 Å². The molecule has 3 saturated carbocycles. The maximum absolute atomic E-state index is 10.9. The number of carboxylic acid groups (broad SMARTS) is 1. The number of carboxylic acids is 1. The second kappa shape index (κ2) is 6.88. The van der Waals surface area contributed by atoms with Crippen molar-refractivity contribution in [3.63, 3.8) is 0 Å². The van der Waals surface area contributed by atoms with Crippen LogP contribution in [0.25, 0.3) is 0 Å². The fourth-order valence-corrected chi connectivity index (χ4v) is 5.23. The van der Waals surface area contributed by atoms with Gasteiger partial charge >= 0.3 is 5.97 Å². The third-order valence-electron chi connectivity index (χ3n) is 6.57. The highest BCUT2D eigenvalue weighted by Gasteiger charge is 2.45. The van der Waals surface area contributed by atoms with Crippen molar-refractivity contribution in [3.8, 4) is 0 Å². The van der Waals surface area contributed by atoms with Crippen LogP contribution in [0.4, 0.5) is 0 Å². The summed E-state index contributed by atoms with van der Waals surface area (Å²) in [7, 11) is 0. The van der Waals surface area contributed by atoms with E-state index in [0.717, 1.165) is 25.4 Å². The van der Waals surface area contributed by atoms with Crippen molar-refractivity contribution in [1.29, 1.82) is 0 Å². The summed E-state index contributed by atoms with van der Waals surface area (Å²) >= 11 is 0. The third-order valence-corrected chi connectivity index (χ3v) is 6.57. The fourth-order valence-electron chi connectivity index (χ4n) is 5.23. The van der Waals surface area contributed by atoms with E-state index in [1.807, 2.05) is 0 Å². The molecular weight excluding hydrogens is 276 g/mol. The van der Waals surface area contributed by atoms with E-state index in [0.29, 0.717) is 17.5 Å². The topological polar surface area (TPSA) is 52.6 Å². The molecule has 0 heterocycles. The first-order valence-corrected chi connectivity index (χ1v) is 9.35. The molecular formula is C18H32N2O2. The van der Waals surface area contributed by atoms with Gasteiger partial charge in [-0.15, -0.1) is 0 Å². The SMILES string of the molecule is CCN(CC(=O)O)C1CC(NC2CCCC23CCCCC3)C1. The highest BCUT2D eigenvalue weighted by molar-refractivity contribution is 5.69. The molecule has 3 fully saturated rings. The van der Waals surface area contributed by atoms with Crippen LogP contribution in [0.3, 0.4) is 0 Å². The molecule has 1 atom stereocenters. The first-order chi connectivity index (χ1) is 10.6. The van der Waals surface area contributed by atoms with Crippen molar-refractivity contribution >= 4 is 5.97 Å². The lowest BCUT2D eigenvalue weighted by atomic mass is 9.69. The lowest BCUT2D eigenvalue weighted by Gasteiger charge is -2.47. The summed E-state index contributed by atoms with van der Waals surface area (Å²) in [5.74, 6) is -0.699. The summed E-state index contributed by atoms with van der Waals surface area (Å²) in [5, 5.41) is 13.0. The molecule has 0 amide bonds. The number of nitrogens with zero attached hydrogens (tertiary/aromatic N) is 1. The molecule has 0 bridgehead atoms. The van der Waals surface area contributed by atoms with Crippen LogP contribution >= 0.6 is 0 Å². The van der Waals surface area contributed by atoms with Gasteiger partial charge in [-0.1, -0.05) is 32.6 Å². The van der Waals surface area contributed by atoms with Gasteiger partial charge in [-0.3, -0.25) is 9.69 Å². The lowest BCUT2D eigenvalue weighted by molar-refractivity contribution is -0.139. The van der Waals surface area contributed by atoms with Crippen LogP contribution in [-0.4, -0.2) is 47.2 Å². The molecule has 0 aromatic heterocycles. The minimum atomic E-state index is -0.699. The van der Waals surface area contributed by atoms with E-state index in [4.69, 9.17) is 5.11 Å². The quantitative estimate of drug-likeness (QED) is 0.792. The Labute approximate surface area is 134 Å². The zero-order valence-electron chi connectivity index (χ0n) is 14.0. The number of hydrogen-bond acceptors (Lipinski definition) is 3.